The van der Waals surface area contributed by atoms with Crippen LogP contribution in [0, 0.1) is 0 Å². The SMILES string of the molecule is COCCn1c(-c2ccccc2OC)nnc1S(=O)(=O)Cl. The third-order valence-electron chi connectivity index (χ3n) is 2.80. The summed E-state index contributed by atoms with van der Waals surface area (Å²) >= 11 is 0. The van der Waals surface area contributed by atoms with E-state index in [4.69, 9.17) is 20.2 Å². The van der Waals surface area contributed by atoms with Gasteiger partial charge in [-0.1, -0.05) is 12.1 Å². The highest BCUT2D eigenvalue weighted by Crippen LogP contribution is 2.30. The fourth-order valence-electron chi connectivity index (χ4n) is 1.88. The lowest BCUT2D eigenvalue weighted by Crippen LogP contribution is -2.11. The van der Waals surface area contributed by atoms with Gasteiger partial charge >= 0.3 is 0 Å². The maximum atomic E-state index is 11.6. The zero-order chi connectivity index (χ0) is 15.5. The number of benzene rings is 1. The first-order valence-electron chi connectivity index (χ1n) is 5.99. The van der Waals surface area contributed by atoms with Crippen molar-refractivity contribution in [2.24, 2.45) is 0 Å². The molecule has 2 rings (SSSR count). The van der Waals surface area contributed by atoms with Gasteiger partial charge in [-0.25, -0.2) is 8.42 Å². The van der Waals surface area contributed by atoms with Gasteiger partial charge in [0.25, 0.3) is 14.2 Å². The Bertz CT molecular complexity index is 730. The standard InChI is InChI=1S/C12H14ClN3O4S/c1-19-8-7-16-11(14-15-12(16)21(13,17)18)9-5-3-4-6-10(9)20-2/h3-6H,7-8H2,1-2H3. The Hall–Kier alpha value is -1.64. The van der Waals surface area contributed by atoms with Crippen molar-refractivity contribution in [1.82, 2.24) is 14.8 Å². The second-order valence-electron chi connectivity index (χ2n) is 4.09. The average Bonchev–Trinajstić information content (AvgIpc) is 2.88. The Kier molecular flexibility index (Phi) is 4.81. The van der Waals surface area contributed by atoms with Crippen LogP contribution in [0.1, 0.15) is 0 Å². The molecule has 1 aromatic heterocycles. The topological polar surface area (TPSA) is 83.3 Å². The summed E-state index contributed by atoms with van der Waals surface area (Å²) in [7, 11) is 4.43. The summed E-state index contributed by atoms with van der Waals surface area (Å²) in [5.41, 5.74) is 0.621. The van der Waals surface area contributed by atoms with E-state index >= 15 is 0 Å². The number of rotatable bonds is 6. The van der Waals surface area contributed by atoms with Gasteiger partial charge in [0.2, 0.25) is 0 Å². The molecule has 21 heavy (non-hydrogen) atoms. The van der Waals surface area contributed by atoms with Crippen molar-refractivity contribution in [3.05, 3.63) is 24.3 Å². The minimum absolute atomic E-state index is 0.248. The predicted octanol–water partition coefficient (Wildman–Crippen LogP) is 1.53. The molecule has 0 saturated carbocycles. The summed E-state index contributed by atoms with van der Waals surface area (Å²) < 4.78 is 34.8. The summed E-state index contributed by atoms with van der Waals surface area (Å²) in [6, 6.07) is 7.11. The molecule has 0 radical (unpaired) electrons. The van der Waals surface area contributed by atoms with Gasteiger partial charge in [-0.05, 0) is 12.1 Å². The van der Waals surface area contributed by atoms with Gasteiger partial charge in [0.1, 0.15) is 5.75 Å². The van der Waals surface area contributed by atoms with Crippen LogP contribution in [0.5, 0.6) is 5.75 Å². The second kappa shape index (κ2) is 6.42. The van der Waals surface area contributed by atoms with Crippen LogP contribution in [0.25, 0.3) is 11.4 Å². The van der Waals surface area contributed by atoms with Gasteiger partial charge < -0.3 is 9.47 Å². The average molecular weight is 332 g/mol. The van der Waals surface area contributed by atoms with E-state index in [0.717, 1.165) is 0 Å². The van der Waals surface area contributed by atoms with Gasteiger partial charge in [-0.3, -0.25) is 4.57 Å². The molecular weight excluding hydrogens is 318 g/mol. The third kappa shape index (κ3) is 3.34. The fraction of sp³-hybridized carbons (Fsp3) is 0.333. The van der Waals surface area contributed by atoms with Gasteiger partial charge in [0, 0.05) is 17.8 Å². The molecule has 9 heteroatoms. The molecule has 0 atom stereocenters. The number of nitrogens with zero attached hydrogens (tertiary/aromatic N) is 3. The van der Waals surface area contributed by atoms with Crippen LogP contribution in [0.15, 0.2) is 29.4 Å². The minimum atomic E-state index is -4.01. The van der Waals surface area contributed by atoms with E-state index in [2.05, 4.69) is 10.2 Å². The van der Waals surface area contributed by atoms with Crippen LogP contribution in [-0.4, -0.2) is 44.0 Å². The van der Waals surface area contributed by atoms with Crippen molar-refractivity contribution in [2.75, 3.05) is 20.8 Å². The van der Waals surface area contributed by atoms with Crippen molar-refractivity contribution < 1.29 is 17.9 Å². The first-order chi connectivity index (χ1) is 9.99. The normalized spacial score (nSPS) is 11.6. The maximum Gasteiger partial charge on any atom is 0.296 e. The van der Waals surface area contributed by atoms with E-state index in [1.54, 1.807) is 24.3 Å². The molecule has 0 fully saturated rings. The number of methoxy groups -OCH3 is 2. The number of halogens is 1. The first-order valence-corrected chi connectivity index (χ1v) is 8.30. The fourth-order valence-corrected chi connectivity index (χ4v) is 2.80. The molecule has 0 N–H and O–H groups in total. The van der Waals surface area contributed by atoms with E-state index in [-0.39, 0.29) is 11.7 Å². The van der Waals surface area contributed by atoms with E-state index in [9.17, 15) is 8.42 Å². The summed E-state index contributed by atoms with van der Waals surface area (Å²) in [4.78, 5) is 0. The molecule has 0 unspecified atom stereocenters. The smallest absolute Gasteiger partial charge is 0.296 e. The van der Waals surface area contributed by atoms with Crippen LogP contribution < -0.4 is 4.74 Å². The lowest BCUT2D eigenvalue weighted by Gasteiger charge is -2.10. The molecule has 0 aliphatic carbocycles. The molecule has 0 aliphatic rings. The lowest BCUT2D eigenvalue weighted by molar-refractivity contribution is 0.185. The number of ether oxygens (including phenoxy) is 2. The maximum absolute atomic E-state index is 11.6. The number of hydrogen-bond acceptors (Lipinski definition) is 6. The predicted molar refractivity (Wildman–Crippen MR) is 76.9 cm³/mol. The largest absolute Gasteiger partial charge is 0.496 e. The third-order valence-corrected chi connectivity index (χ3v) is 3.95. The number of hydrogen-bond donors (Lipinski definition) is 0. The lowest BCUT2D eigenvalue weighted by atomic mass is 10.2. The molecule has 1 heterocycles. The molecule has 1 aromatic carbocycles. The Morgan fingerprint density at radius 2 is 1.95 bits per heavy atom. The van der Waals surface area contributed by atoms with Crippen molar-refractivity contribution in [1.29, 1.82) is 0 Å². The van der Waals surface area contributed by atoms with Gasteiger partial charge in [0.05, 0.1) is 25.8 Å². The van der Waals surface area contributed by atoms with E-state index in [0.29, 0.717) is 23.7 Å². The Morgan fingerprint density at radius 1 is 1.24 bits per heavy atom. The van der Waals surface area contributed by atoms with Crippen molar-refractivity contribution in [3.63, 3.8) is 0 Å². The Balaban J connectivity index is 2.61. The van der Waals surface area contributed by atoms with Crippen LogP contribution in [0.2, 0.25) is 0 Å². The number of para-hydroxylation sites is 1. The summed E-state index contributed by atoms with van der Waals surface area (Å²) in [6.45, 7) is 0.539. The molecule has 114 valence electrons. The Labute approximate surface area is 126 Å². The van der Waals surface area contributed by atoms with Crippen LogP contribution in [0.3, 0.4) is 0 Å². The second-order valence-corrected chi connectivity index (χ2v) is 6.55. The highest BCUT2D eigenvalue weighted by Gasteiger charge is 2.24. The van der Waals surface area contributed by atoms with Gasteiger partial charge in [-0.15, -0.1) is 10.2 Å². The van der Waals surface area contributed by atoms with Crippen molar-refractivity contribution in [3.8, 4) is 17.1 Å². The highest BCUT2D eigenvalue weighted by molar-refractivity contribution is 8.13. The molecule has 2 aromatic rings. The summed E-state index contributed by atoms with van der Waals surface area (Å²) in [6.07, 6.45) is 0. The molecule has 0 aliphatic heterocycles. The molecule has 0 amide bonds. The molecule has 7 nitrogen and oxygen atoms in total. The molecule has 0 saturated heterocycles. The summed E-state index contributed by atoms with van der Waals surface area (Å²) in [5.74, 6) is 0.908. The molecular formula is C12H14ClN3O4S. The minimum Gasteiger partial charge on any atom is -0.496 e. The monoisotopic (exact) mass is 331 g/mol. The van der Waals surface area contributed by atoms with Gasteiger partial charge in [-0.2, -0.15) is 0 Å². The van der Waals surface area contributed by atoms with Crippen LogP contribution in [0.4, 0.5) is 0 Å². The number of aromatic nitrogens is 3. The van der Waals surface area contributed by atoms with Gasteiger partial charge in [0.15, 0.2) is 5.82 Å². The molecule has 0 spiro atoms. The van der Waals surface area contributed by atoms with E-state index < -0.39 is 9.05 Å². The van der Waals surface area contributed by atoms with Crippen LogP contribution in [-0.2, 0) is 20.3 Å². The zero-order valence-corrected chi connectivity index (χ0v) is 13.1. The van der Waals surface area contributed by atoms with E-state index in [1.807, 2.05) is 0 Å². The highest BCUT2D eigenvalue weighted by atomic mass is 35.7. The zero-order valence-electron chi connectivity index (χ0n) is 11.5. The van der Waals surface area contributed by atoms with Crippen LogP contribution >= 0.6 is 10.7 Å². The first kappa shape index (κ1) is 15.7. The van der Waals surface area contributed by atoms with E-state index in [1.165, 1.54) is 18.8 Å². The Morgan fingerprint density at radius 3 is 2.57 bits per heavy atom. The van der Waals surface area contributed by atoms with Crippen molar-refractivity contribution in [2.45, 2.75) is 11.7 Å². The molecule has 0 bridgehead atoms. The van der Waals surface area contributed by atoms with Crippen molar-refractivity contribution >= 4 is 19.7 Å². The quantitative estimate of drug-likeness (QED) is 0.746. The summed E-state index contributed by atoms with van der Waals surface area (Å²) in [5, 5.41) is 7.28.